The molecule has 0 unspecified atom stereocenters. The number of nitrogens with zero attached hydrogens (tertiary/aromatic N) is 3. The molecule has 2 aliphatic rings. The molecule has 1 amide bonds. The number of rotatable bonds is 4. The number of amides is 1. The molecule has 8 nitrogen and oxygen atoms in total. The van der Waals surface area contributed by atoms with Crippen LogP contribution in [0.5, 0.6) is 0 Å². The van der Waals surface area contributed by atoms with E-state index < -0.39 is 10.0 Å². The number of hydrogen-bond donors (Lipinski definition) is 2. The third kappa shape index (κ3) is 4.52. The molecule has 2 saturated heterocycles. The summed E-state index contributed by atoms with van der Waals surface area (Å²) in [6, 6.07) is 0. The van der Waals surface area contributed by atoms with Gasteiger partial charge >= 0.3 is 0 Å². The lowest BCUT2D eigenvalue weighted by atomic mass is 9.92. The molecule has 0 aromatic carbocycles. The molecule has 0 radical (unpaired) electrons. The summed E-state index contributed by atoms with van der Waals surface area (Å²) in [6.07, 6.45) is 3.41. The van der Waals surface area contributed by atoms with Crippen molar-refractivity contribution in [1.82, 2.24) is 24.5 Å². The first-order chi connectivity index (χ1) is 11.4. The standard InChI is InChI=1S/C15H25N5O3S.ClH/c1-11-18-14(10-19(11)2)24(22,23)17-9-15(21)20-5-3-12-7-16-8-13(12)4-6-20;/h10,12-13,16-17H,3-9H2,1-2H3;1H/t12-,13+;. The van der Waals surface area contributed by atoms with Crippen molar-refractivity contribution in [2.45, 2.75) is 24.8 Å². The highest BCUT2D eigenvalue weighted by atomic mass is 35.5. The average molecular weight is 392 g/mol. The summed E-state index contributed by atoms with van der Waals surface area (Å²) in [5, 5.41) is 3.35. The van der Waals surface area contributed by atoms with Gasteiger partial charge in [0, 0.05) is 26.3 Å². The highest BCUT2D eigenvalue weighted by Gasteiger charge is 2.31. The van der Waals surface area contributed by atoms with Gasteiger partial charge in [0.25, 0.3) is 10.0 Å². The summed E-state index contributed by atoms with van der Waals surface area (Å²) in [5.74, 6) is 1.71. The Kier molecular flexibility index (Phi) is 6.47. The number of halogens is 1. The van der Waals surface area contributed by atoms with Gasteiger partial charge in [-0.1, -0.05) is 0 Å². The zero-order chi connectivity index (χ0) is 17.3. The Labute approximate surface area is 154 Å². The van der Waals surface area contributed by atoms with Crippen LogP contribution in [-0.4, -0.2) is 61.5 Å². The second-order valence-electron chi connectivity index (χ2n) is 6.70. The van der Waals surface area contributed by atoms with Crippen molar-refractivity contribution in [2.24, 2.45) is 18.9 Å². The predicted octanol–water partition coefficient (Wildman–Crippen LogP) is -0.113. The summed E-state index contributed by atoms with van der Waals surface area (Å²) in [4.78, 5) is 18.2. The predicted molar refractivity (Wildman–Crippen MR) is 96.0 cm³/mol. The number of carbonyl (C=O) groups is 1. The number of nitrogens with one attached hydrogen (secondary N) is 2. The van der Waals surface area contributed by atoms with Crippen LogP contribution in [0.1, 0.15) is 18.7 Å². The van der Waals surface area contributed by atoms with Crippen LogP contribution in [0, 0.1) is 18.8 Å². The Hall–Kier alpha value is -1.16. The number of fused-ring (bicyclic) bond motifs is 1. The largest absolute Gasteiger partial charge is 0.342 e. The van der Waals surface area contributed by atoms with Crippen molar-refractivity contribution in [3.05, 3.63) is 12.0 Å². The van der Waals surface area contributed by atoms with Gasteiger partial charge in [-0.05, 0) is 44.7 Å². The van der Waals surface area contributed by atoms with Gasteiger partial charge in [-0.2, -0.15) is 0 Å². The number of aryl methyl sites for hydroxylation is 2. The summed E-state index contributed by atoms with van der Waals surface area (Å²) < 4.78 is 28.5. The van der Waals surface area contributed by atoms with E-state index in [0.717, 1.165) is 25.9 Å². The topological polar surface area (TPSA) is 96.3 Å². The average Bonchev–Trinajstić information content (AvgIpc) is 3.07. The monoisotopic (exact) mass is 391 g/mol. The fourth-order valence-corrected chi connectivity index (χ4v) is 4.48. The summed E-state index contributed by atoms with van der Waals surface area (Å²) in [6.45, 7) is 4.97. The molecule has 0 spiro atoms. The first-order valence-corrected chi connectivity index (χ1v) is 9.83. The molecular weight excluding hydrogens is 366 g/mol. The maximum absolute atomic E-state index is 12.4. The minimum absolute atomic E-state index is 0. The van der Waals surface area contributed by atoms with Crippen molar-refractivity contribution in [2.75, 3.05) is 32.7 Å². The zero-order valence-electron chi connectivity index (χ0n) is 14.6. The van der Waals surface area contributed by atoms with E-state index in [9.17, 15) is 13.2 Å². The fraction of sp³-hybridized carbons (Fsp3) is 0.733. The third-order valence-corrected chi connectivity index (χ3v) is 6.42. The smallest absolute Gasteiger partial charge is 0.260 e. The van der Waals surface area contributed by atoms with Gasteiger partial charge in [0.15, 0.2) is 5.03 Å². The molecule has 142 valence electrons. The van der Waals surface area contributed by atoms with Gasteiger partial charge in [-0.3, -0.25) is 4.79 Å². The van der Waals surface area contributed by atoms with E-state index in [0.29, 0.717) is 30.7 Å². The Bertz CT molecular complexity index is 687. The first-order valence-electron chi connectivity index (χ1n) is 8.35. The van der Waals surface area contributed by atoms with Crippen molar-refractivity contribution in [3.8, 4) is 0 Å². The van der Waals surface area contributed by atoms with E-state index in [2.05, 4.69) is 15.0 Å². The molecule has 1 aromatic heterocycles. The summed E-state index contributed by atoms with van der Waals surface area (Å²) in [7, 11) is -2.03. The zero-order valence-corrected chi connectivity index (χ0v) is 16.2. The Morgan fingerprint density at radius 3 is 2.44 bits per heavy atom. The van der Waals surface area contributed by atoms with E-state index in [-0.39, 0.29) is 29.9 Å². The van der Waals surface area contributed by atoms with Crippen LogP contribution >= 0.6 is 12.4 Å². The van der Waals surface area contributed by atoms with Crippen molar-refractivity contribution < 1.29 is 13.2 Å². The van der Waals surface area contributed by atoms with Crippen molar-refractivity contribution in [1.29, 1.82) is 0 Å². The van der Waals surface area contributed by atoms with Crippen molar-refractivity contribution in [3.63, 3.8) is 0 Å². The van der Waals surface area contributed by atoms with Crippen LogP contribution in [0.25, 0.3) is 0 Å². The third-order valence-electron chi connectivity index (χ3n) is 5.15. The molecule has 2 atom stereocenters. The lowest BCUT2D eigenvalue weighted by molar-refractivity contribution is -0.129. The maximum atomic E-state index is 12.4. The van der Waals surface area contributed by atoms with Gasteiger partial charge in [0.1, 0.15) is 5.82 Å². The first kappa shape index (κ1) is 20.2. The molecule has 2 N–H and O–H groups in total. The van der Waals surface area contributed by atoms with E-state index in [1.165, 1.54) is 6.20 Å². The van der Waals surface area contributed by atoms with E-state index in [4.69, 9.17) is 0 Å². The maximum Gasteiger partial charge on any atom is 0.260 e. The quantitative estimate of drug-likeness (QED) is 0.746. The van der Waals surface area contributed by atoms with Gasteiger partial charge < -0.3 is 14.8 Å². The van der Waals surface area contributed by atoms with Gasteiger partial charge in [0.05, 0.1) is 6.54 Å². The van der Waals surface area contributed by atoms with E-state index in [1.54, 1.807) is 23.4 Å². The highest BCUT2D eigenvalue weighted by molar-refractivity contribution is 7.89. The lowest BCUT2D eigenvalue weighted by Gasteiger charge is -2.21. The SMILES string of the molecule is Cc1nc(S(=O)(=O)NCC(=O)N2CC[C@@H]3CNC[C@@H]3CC2)cn1C.Cl. The van der Waals surface area contributed by atoms with Crippen LogP contribution in [0.2, 0.25) is 0 Å². The molecular formula is C15H26ClN5O3S. The lowest BCUT2D eigenvalue weighted by Crippen LogP contribution is -2.41. The Balaban J connectivity index is 0.00000225. The van der Waals surface area contributed by atoms with Crippen LogP contribution in [0.3, 0.4) is 0 Å². The minimum Gasteiger partial charge on any atom is -0.342 e. The number of likely N-dealkylation sites (tertiary alicyclic amines) is 1. The Morgan fingerprint density at radius 1 is 1.32 bits per heavy atom. The van der Waals surface area contributed by atoms with Crippen LogP contribution < -0.4 is 10.0 Å². The number of hydrogen-bond acceptors (Lipinski definition) is 5. The Morgan fingerprint density at radius 2 is 1.92 bits per heavy atom. The van der Waals surface area contributed by atoms with Gasteiger partial charge in [0.2, 0.25) is 5.91 Å². The van der Waals surface area contributed by atoms with E-state index in [1.807, 2.05) is 0 Å². The number of sulfonamides is 1. The number of carbonyl (C=O) groups excluding carboxylic acids is 1. The molecule has 25 heavy (non-hydrogen) atoms. The highest BCUT2D eigenvalue weighted by Crippen LogP contribution is 2.27. The molecule has 0 saturated carbocycles. The van der Waals surface area contributed by atoms with Crippen LogP contribution in [0.4, 0.5) is 0 Å². The molecule has 0 aliphatic carbocycles. The number of aromatic nitrogens is 2. The molecule has 1 aromatic rings. The normalized spacial score (nSPS) is 23.7. The van der Waals surface area contributed by atoms with Gasteiger partial charge in [-0.15, -0.1) is 12.4 Å². The molecule has 3 heterocycles. The summed E-state index contributed by atoms with van der Waals surface area (Å²) >= 11 is 0. The molecule has 3 rings (SSSR count). The molecule has 2 fully saturated rings. The van der Waals surface area contributed by atoms with E-state index >= 15 is 0 Å². The van der Waals surface area contributed by atoms with Crippen LogP contribution in [-0.2, 0) is 21.9 Å². The second-order valence-corrected chi connectivity index (χ2v) is 8.41. The second kappa shape index (κ2) is 8.03. The molecule has 2 aliphatic heterocycles. The number of imidazole rings is 1. The molecule has 10 heteroatoms. The fourth-order valence-electron chi connectivity index (χ4n) is 3.47. The summed E-state index contributed by atoms with van der Waals surface area (Å²) in [5.41, 5.74) is 0. The van der Waals surface area contributed by atoms with Crippen LogP contribution in [0.15, 0.2) is 11.2 Å². The molecule has 0 bridgehead atoms. The van der Waals surface area contributed by atoms with Crippen molar-refractivity contribution >= 4 is 28.3 Å². The minimum atomic E-state index is -3.76. The van der Waals surface area contributed by atoms with Gasteiger partial charge in [-0.25, -0.2) is 18.1 Å².